The molecule has 0 saturated carbocycles. The maximum atomic E-state index is 14.1. The Hall–Kier alpha value is -2.83. The van der Waals surface area contributed by atoms with Gasteiger partial charge < -0.3 is 5.32 Å². The normalized spacial score (nSPS) is 10.6. The van der Waals surface area contributed by atoms with Crippen LogP contribution in [0.2, 0.25) is 0 Å². The second-order valence-corrected chi connectivity index (χ2v) is 4.36. The lowest BCUT2D eigenvalue weighted by atomic mass is 10.2. The zero-order valence-corrected chi connectivity index (χ0v) is 11.4. The van der Waals surface area contributed by atoms with Crippen molar-refractivity contribution in [2.24, 2.45) is 0 Å². The van der Waals surface area contributed by atoms with Gasteiger partial charge in [0.15, 0.2) is 11.6 Å². The van der Waals surface area contributed by atoms with Gasteiger partial charge in [0.2, 0.25) is 0 Å². The predicted octanol–water partition coefficient (Wildman–Crippen LogP) is 2.50. The number of rotatable bonds is 4. The van der Waals surface area contributed by atoms with E-state index in [4.69, 9.17) is 0 Å². The molecule has 0 radical (unpaired) electrons. The van der Waals surface area contributed by atoms with Crippen LogP contribution < -0.4 is 5.32 Å². The third-order valence-electron chi connectivity index (χ3n) is 2.99. The summed E-state index contributed by atoms with van der Waals surface area (Å²) < 4.78 is 15.7. The van der Waals surface area contributed by atoms with Crippen molar-refractivity contribution in [3.63, 3.8) is 0 Å². The van der Waals surface area contributed by atoms with E-state index in [-0.39, 0.29) is 5.82 Å². The minimum Gasteiger partial charge on any atom is -0.338 e. The van der Waals surface area contributed by atoms with Crippen LogP contribution in [-0.4, -0.2) is 25.0 Å². The summed E-state index contributed by atoms with van der Waals surface area (Å²) in [5, 5.41) is 10.6. The number of aryl methyl sites for hydroxylation is 1. The van der Waals surface area contributed by atoms with Gasteiger partial charge in [0, 0.05) is 5.69 Å². The van der Waals surface area contributed by atoms with Gasteiger partial charge >= 0.3 is 0 Å². The second kappa shape index (κ2) is 5.66. The van der Waals surface area contributed by atoms with Gasteiger partial charge in [0.05, 0.1) is 23.8 Å². The molecule has 0 spiro atoms. The van der Waals surface area contributed by atoms with Crippen LogP contribution in [0.5, 0.6) is 0 Å². The van der Waals surface area contributed by atoms with E-state index in [0.717, 1.165) is 5.69 Å². The average Bonchev–Trinajstić information content (AvgIpc) is 3.04. The molecule has 1 N–H and O–H groups in total. The number of nitrogens with one attached hydrogen (secondary N) is 1. The molecule has 0 saturated heterocycles. The summed E-state index contributed by atoms with van der Waals surface area (Å²) in [7, 11) is 0. The van der Waals surface area contributed by atoms with Crippen LogP contribution in [0, 0.1) is 5.82 Å². The molecule has 2 heterocycles. The molecule has 106 valence electrons. The third kappa shape index (κ3) is 2.71. The summed E-state index contributed by atoms with van der Waals surface area (Å²) in [6.07, 6.45) is 5.20. The zero-order chi connectivity index (χ0) is 14.7. The number of benzene rings is 1. The van der Waals surface area contributed by atoms with Crippen molar-refractivity contribution >= 4 is 11.5 Å². The molecule has 0 unspecified atom stereocenters. The highest BCUT2D eigenvalue weighted by molar-refractivity contribution is 5.59. The van der Waals surface area contributed by atoms with Gasteiger partial charge in [-0.05, 0) is 24.6 Å². The molecule has 7 heteroatoms. The summed E-state index contributed by atoms with van der Waals surface area (Å²) in [6.45, 7) is 1.85. The fraction of sp³-hybridized carbons (Fsp3) is 0.143. The van der Waals surface area contributed by atoms with Crippen LogP contribution in [0.1, 0.15) is 12.6 Å². The average molecular weight is 284 g/mol. The Balaban J connectivity index is 1.91. The molecule has 2 aromatic heterocycles. The highest BCUT2D eigenvalue weighted by atomic mass is 19.1. The Labute approximate surface area is 120 Å². The number of anilines is 2. The van der Waals surface area contributed by atoms with E-state index >= 15 is 0 Å². The third-order valence-corrected chi connectivity index (χ3v) is 2.99. The fourth-order valence-electron chi connectivity index (χ4n) is 1.95. The number of nitrogens with zero attached hydrogens (tertiary/aromatic N) is 5. The van der Waals surface area contributed by atoms with Crippen LogP contribution in [0.15, 0.2) is 43.0 Å². The summed E-state index contributed by atoms with van der Waals surface area (Å²) >= 11 is 0. The number of hydrogen-bond donors (Lipinski definition) is 1. The summed E-state index contributed by atoms with van der Waals surface area (Å²) in [6, 6.07) is 7.39. The monoisotopic (exact) mass is 284 g/mol. The van der Waals surface area contributed by atoms with Crippen molar-refractivity contribution in [1.82, 2.24) is 25.0 Å². The predicted molar refractivity (Wildman–Crippen MR) is 76.0 cm³/mol. The maximum absolute atomic E-state index is 14.1. The number of aromatic nitrogens is 5. The zero-order valence-electron chi connectivity index (χ0n) is 11.4. The van der Waals surface area contributed by atoms with Crippen molar-refractivity contribution in [1.29, 1.82) is 0 Å². The standard InChI is InChI=1S/C14H13FN6/c1-2-12-13(15)14(17-9-16-12)19-10-4-3-5-11(8-10)21-7-6-18-20-21/h3-9H,2H2,1H3,(H,16,17,19). The van der Waals surface area contributed by atoms with Crippen LogP contribution in [0.3, 0.4) is 0 Å². The van der Waals surface area contributed by atoms with Gasteiger partial charge in [-0.15, -0.1) is 5.10 Å². The summed E-state index contributed by atoms with van der Waals surface area (Å²) in [4.78, 5) is 7.85. The molecule has 6 nitrogen and oxygen atoms in total. The lowest BCUT2D eigenvalue weighted by molar-refractivity contribution is 0.599. The van der Waals surface area contributed by atoms with E-state index in [1.807, 2.05) is 31.2 Å². The van der Waals surface area contributed by atoms with Crippen molar-refractivity contribution < 1.29 is 4.39 Å². The molecule has 0 atom stereocenters. The first-order valence-electron chi connectivity index (χ1n) is 6.51. The molecule has 0 bridgehead atoms. The lowest BCUT2D eigenvalue weighted by Crippen LogP contribution is -2.03. The molecular formula is C14H13FN6. The quantitative estimate of drug-likeness (QED) is 0.797. The van der Waals surface area contributed by atoms with E-state index < -0.39 is 5.82 Å². The van der Waals surface area contributed by atoms with Gasteiger partial charge in [-0.3, -0.25) is 0 Å². The van der Waals surface area contributed by atoms with Gasteiger partial charge in [0.1, 0.15) is 6.33 Å². The van der Waals surface area contributed by atoms with E-state index in [2.05, 4.69) is 25.6 Å². The van der Waals surface area contributed by atoms with Gasteiger partial charge in [-0.2, -0.15) is 0 Å². The smallest absolute Gasteiger partial charge is 0.187 e. The number of hydrogen-bond acceptors (Lipinski definition) is 5. The van der Waals surface area contributed by atoms with E-state index in [1.165, 1.54) is 6.33 Å². The first kappa shape index (κ1) is 13.2. The first-order chi connectivity index (χ1) is 10.3. The van der Waals surface area contributed by atoms with Crippen LogP contribution >= 0.6 is 0 Å². The molecule has 3 aromatic rings. The van der Waals surface area contributed by atoms with Gasteiger partial charge in [-0.1, -0.05) is 18.2 Å². The van der Waals surface area contributed by atoms with Crippen molar-refractivity contribution in [3.8, 4) is 5.69 Å². The molecule has 0 fully saturated rings. The Bertz CT molecular complexity index is 741. The van der Waals surface area contributed by atoms with Crippen LogP contribution in [0.4, 0.5) is 15.9 Å². The SMILES string of the molecule is CCc1ncnc(Nc2cccc(-n3ccnn3)c2)c1F. The maximum Gasteiger partial charge on any atom is 0.187 e. The molecular weight excluding hydrogens is 271 g/mol. The Morgan fingerprint density at radius 2 is 2.19 bits per heavy atom. The topological polar surface area (TPSA) is 68.5 Å². The van der Waals surface area contributed by atoms with E-state index in [0.29, 0.717) is 17.8 Å². The minimum absolute atomic E-state index is 0.164. The molecule has 3 rings (SSSR count). The molecule has 1 aromatic carbocycles. The molecule has 21 heavy (non-hydrogen) atoms. The largest absolute Gasteiger partial charge is 0.338 e. The lowest BCUT2D eigenvalue weighted by Gasteiger charge is -2.09. The Morgan fingerprint density at radius 3 is 2.95 bits per heavy atom. The molecule has 0 aliphatic heterocycles. The fourth-order valence-corrected chi connectivity index (χ4v) is 1.95. The van der Waals surface area contributed by atoms with Crippen molar-refractivity contribution in [2.45, 2.75) is 13.3 Å². The first-order valence-corrected chi connectivity index (χ1v) is 6.51. The molecule has 0 aliphatic rings. The van der Waals surface area contributed by atoms with E-state index in [1.54, 1.807) is 17.1 Å². The van der Waals surface area contributed by atoms with Crippen LogP contribution in [0.25, 0.3) is 5.69 Å². The highest BCUT2D eigenvalue weighted by Crippen LogP contribution is 2.21. The Morgan fingerprint density at radius 1 is 1.29 bits per heavy atom. The second-order valence-electron chi connectivity index (χ2n) is 4.36. The molecule has 0 aliphatic carbocycles. The highest BCUT2D eigenvalue weighted by Gasteiger charge is 2.10. The molecule has 0 amide bonds. The summed E-state index contributed by atoms with van der Waals surface area (Å²) in [5.74, 6) is -0.260. The van der Waals surface area contributed by atoms with Crippen LogP contribution in [-0.2, 0) is 6.42 Å². The van der Waals surface area contributed by atoms with Gasteiger partial charge in [0.25, 0.3) is 0 Å². The van der Waals surface area contributed by atoms with Gasteiger partial charge in [-0.25, -0.2) is 19.0 Å². The Kier molecular flexibility index (Phi) is 3.55. The number of halogens is 1. The van der Waals surface area contributed by atoms with Crippen molar-refractivity contribution in [2.75, 3.05) is 5.32 Å². The summed E-state index contributed by atoms with van der Waals surface area (Å²) in [5.41, 5.74) is 1.92. The van der Waals surface area contributed by atoms with Crippen molar-refractivity contribution in [3.05, 3.63) is 54.5 Å². The van der Waals surface area contributed by atoms with E-state index in [9.17, 15) is 4.39 Å². The minimum atomic E-state index is -0.425.